The number of carbonyl (C=O) groups is 1. The Morgan fingerprint density at radius 2 is 2.11 bits per heavy atom. The molecule has 0 aliphatic heterocycles. The van der Waals surface area contributed by atoms with Crippen LogP contribution in [0.1, 0.15) is 17.3 Å². The van der Waals surface area contributed by atoms with E-state index in [9.17, 15) is 13.6 Å². The van der Waals surface area contributed by atoms with E-state index in [0.29, 0.717) is 13.2 Å². The summed E-state index contributed by atoms with van der Waals surface area (Å²) in [6.45, 7) is 6.44. The molecular formula is C13H15F2NO3. The summed E-state index contributed by atoms with van der Waals surface area (Å²) >= 11 is 0. The van der Waals surface area contributed by atoms with Crippen molar-refractivity contribution in [2.45, 2.75) is 6.92 Å². The minimum Gasteiger partial charge on any atom is -0.478 e. The molecule has 0 aliphatic rings. The Labute approximate surface area is 109 Å². The summed E-state index contributed by atoms with van der Waals surface area (Å²) in [6, 6.07) is 2.19. The van der Waals surface area contributed by atoms with E-state index in [4.69, 9.17) is 9.84 Å². The number of carboxylic acid groups (broad SMARTS) is 1. The van der Waals surface area contributed by atoms with Crippen molar-refractivity contribution < 1.29 is 23.4 Å². The second-order valence-electron chi connectivity index (χ2n) is 4.03. The lowest BCUT2D eigenvalue weighted by molar-refractivity contribution is 0.0690. The van der Waals surface area contributed by atoms with Gasteiger partial charge in [0.05, 0.1) is 24.5 Å². The van der Waals surface area contributed by atoms with E-state index in [2.05, 4.69) is 11.9 Å². The summed E-state index contributed by atoms with van der Waals surface area (Å²) < 4.78 is 32.0. The monoisotopic (exact) mass is 271 g/mol. The van der Waals surface area contributed by atoms with Gasteiger partial charge in [0.15, 0.2) is 11.6 Å². The van der Waals surface area contributed by atoms with Crippen LogP contribution < -0.4 is 5.32 Å². The Morgan fingerprint density at radius 3 is 2.68 bits per heavy atom. The van der Waals surface area contributed by atoms with Gasteiger partial charge in [-0.15, -0.1) is 0 Å². The molecule has 0 unspecified atom stereocenters. The molecule has 4 nitrogen and oxygen atoms in total. The zero-order valence-electron chi connectivity index (χ0n) is 10.5. The molecule has 0 heterocycles. The van der Waals surface area contributed by atoms with Crippen LogP contribution in [0.4, 0.5) is 14.5 Å². The smallest absolute Gasteiger partial charge is 0.338 e. The summed E-state index contributed by atoms with van der Waals surface area (Å²) in [4.78, 5) is 10.6. The van der Waals surface area contributed by atoms with Crippen LogP contribution in [0.5, 0.6) is 0 Å². The van der Waals surface area contributed by atoms with Gasteiger partial charge >= 0.3 is 5.97 Å². The Kier molecular flexibility index (Phi) is 5.44. The van der Waals surface area contributed by atoms with E-state index in [0.717, 1.165) is 11.6 Å². The van der Waals surface area contributed by atoms with Gasteiger partial charge in [-0.25, -0.2) is 13.6 Å². The topological polar surface area (TPSA) is 58.6 Å². The predicted molar refractivity (Wildman–Crippen MR) is 67.4 cm³/mol. The minimum absolute atomic E-state index is 0.0959. The van der Waals surface area contributed by atoms with Crippen LogP contribution in [-0.4, -0.2) is 30.8 Å². The largest absolute Gasteiger partial charge is 0.478 e. The number of nitrogens with one attached hydrogen (secondary N) is 1. The molecule has 0 spiro atoms. The van der Waals surface area contributed by atoms with Crippen LogP contribution in [0.15, 0.2) is 24.3 Å². The van der Waals surface area contributed by atoms with Crippen LogP contribution in [0, 0.1) is 11.6 Å². The van der Waals surface area contributed by atoms with E-state index >= 15 is 0 Å². The van der Waals surface area contributed by atoms with Gasteiger partial charge in [0, 0.05) is 6.54 Å². The molecule has 1 rings (SSSR count). The molecular weight excluding hydrogens is 256 g/mol. The zero-order valence-corrected chi connectivity index (χ0v) is 10.5. The predicted octanol–water partition coefficient (Wildman–Crippen LogP) is 2.67. The summed E-state index contributed by atoms with van der Waals surface area (Å²) in [5.74, 6) is -4.09. The van der Waals surface area contributed by atoms with Crippen molar-refractivity contribution in [1.29, 1.82) is 0 Å². The molecule has 104 valence electrons. The summed E-state index contributed by atoms with van der Waals surface area (Å²) in [5, 5.41) is 11.3. The van der Waals surface area contributed by atoms with Crippen molar-refractivity contribution in [3.63, 3.8) is 0 Å². The van der Waals surface area contributed by atoms with Crippen molar-refractivity contribution in [1.82, 2.24) is 0 Å². The molecule has 0 aromatic heterocycles. The number of hydrogen-bond donors (Lipinski definition) is 2. The maximum Gasteiger partial charge on any atom is 0.338 e. The van der Waals surface area contributed by atoms with Crippen LogP contribution in [0.25, 0.3) is 0 Å². The van der Waals surface area contributed by atoms with E-state index in [-0.39, 0.29) is 12.2 Å². The van der Waals surface area contributed by atoms with Gasteiger partial charge in [-0.2, -0.15) is 0 Å². The third-order valence-corrected chi connectivity index (χ3v) is 2.22. The molecule has 2 N–H and O–H groups in total. The lowest BCUT2D eigenvalue weighted by Gasteiger charge is -2.09. The van der Waals surface area contributed by atoms with E-state index in [1.807, 2.05) is 6.92 Å². The van der Waals surface area contributed by atoms with Crippen molar-refractivity contribution in [3.8, 4) is 0 Å². The number of benzene rings is 1. The number of hydrogen-bond acceptors (Lipinski definition) is 3. The molecule has 1 aromatic carbocycles. The van der Waals surface area contributed by atoms with Gasteiger partial charge in [-0.3, -0.25) is 0 Å². The molecule has 0 atom stereocenters. The van der Waals surface area contributed by atoms with Gasteiger partial charge in [-0.1, -0.05) is 12.2 Å². The molecule has 0 fully saturated rings. The third-order valence-electron chi connectivity index (χ3n) is 2.22. The Bertz CT molecular complexity index is 489. The van der Waals surface area contributed by atoms with Crippen molar-refractivity contribution in [3.05, 3.63) is 41.5 Å². The SMILES string of the molecule is C=C(C)COCCNc1ccc(C(=O)O)c(F)c1F. The highest BCUT2D eigenvalue weighted by molar-refractivity contribution is 5.88. The average Bonchev–Trinajstić information content (AvgIpc) is 2.33. The lowest BCUT2D eigenvalue weighted by atomic mass is 10.2. The molecule has 1 aromatic rings. The standard InChI is InChI=1S/C13H15F2NO3/c1-8(2)7-19-6-5-16-10-4-3-9(13(17)18)11(14)12(10)15/h3-4,16H,1,5-7H2,2H3,(H,17,18). The van der Waals surface area contributed by atoms with Gasteiger partial charge in [0.1, 0.15) is 0 Å². The maximum absolute atomic E-state index is 13.5. The number of aromatic carboxylic acids is 1. The van der Waals surface area contributed by atoms with Gasteiger partial charge in [0.25, 0.3) is 0 Å². The van der Waals surface area contributed by atoms with Crippen molar-refractivity contribution in [2.75, 3.05) is 25.1 Å². The molecule has 0 saturated heterocycles. The lowest BCUT2D eigenvalue weighted by Crippen LogP contribution is -2.13. The van der Waals surface area contributed by atoms with Crippen molar-refractivity contribution in [2.24, 2.45) is 0 Å². The van der Waals surface area contributed by atoms with Crippen LogP contribution >= 0.6 is 0 Å². The number of carboxylic acids is 1. The Balaban J connectivity index is 2.58. The first kappa shape index (κ1) is 15.1. The molecule has 0 saturated carbocycles. The van der Waals surface area contributed by atoms with Gasteiger partial charge < -0.3 is 15.2 Å². The van der Waals surface area contributed by atoms with E-state index < -0.39 is 23.2 Å². The second-order valence-corrected chi connectivity index (χ2v) is 4.03. The highest BCUT2D eigenvalue weighted by Crippen LogP contribution is 2.20. The van der Waals surface area contributed by atoms with Crippen LogP contribution in [-0.2, 0) is 4.74 Å². The number of halogens is 2. The summed E-state index contributed by atoms with van der Waals surface area (Å²) in [7, 11) is 0. The average molecular weight is 271 g/mol. The summed E-state index contributed by atoms with van der Waals surface area (Å²) in [5.41, 5.74) is 0.0750. The van der Waals surface area contributed by atoms with E-state index in [1.54, 1.807) is 0 Å². The first-order chi connectivity index (χ1) is 8.93. The van der Waals surface area contributed by atoms with Crippen LogP contribution in [0.3, 0.4) is 0 Å². The maximum atomic E-state index is 13.5. The van der Waals surface area contributed by atoms with Gasteiger partial charge in [0.2, 0.25) is 0 Å². The Hall–Kier alpha value is -1.95. The van der Waals surface area contributed by atoms with Gasteiger partial charge in [-0.05, 0) is 19.1 Å². The zero-order chi connectivity index (χ0) is 14.4. The normalized spacial score (nSPS) is 10.3. The molecule has 0 amide bonds. The molecule has 0 radical (unpaired) electrons. The molecule has 6 heteroatoms. The van der Waals surface area contributed by atoms with Crippen molar-refractivity contribution >= 4 is 11.7 Å². The molecule has 19 heavy (non-hydrogen) atoms. The Morgan fingerprint density at radius 1 is 1.42 bits per heavy atom. The molecule has 0 aliphatic carbocycles. The minimum atomic E-state index is -1.51. The third kappa shape index (κ3) is 4.33. The molecule has 0 bridgehead atoms. The second kappa shape index (κ2) is 6.84. The fourth-order valence-corrected chi connectivity index (χ4v) is 1.36. The highest BCUT2D eigenvalue weighted by atomic mass is 19.2. The number of anilines is 1. The fourth-order valence-electron chi connectivity index (χ4n) is 1.36. The highest BCUT2D eigenvalue weighted by Gasteiger charge is 2.17. The fraction of sp³-hybridized carbons (Fsp3) is 0.308. The quantitative estimate of drug-likeness (QED) is 0.591. The first-order valence-electron chi connectivity index (χ1n) is 5.60. The number of rotatable bonds is 7. The van der Waals surface area contributed by atoms with Crippen LogP contribution in [0.2, 0.25) is 0 Å². The summed E-state index contributed by atoms with van der Waals surface area (Å²) in [6.07, 6.45) is 0. The number of ether oxygens (including phenoxy) is 1. The first-order valence-corrected chi connectivity index (χ1v) is 5.60. The van der Waals surface area contributed by atoms with E-state index in [1.165, 1.54) is 6.07 Å².